The number of nitrogens with zero attached hydrogens (tertiary/aromatic N) is 3. The lowest BCUT2D eigenvalue weighted by molar-refractivity contribution is 0.102. The van der Waals surface area contributed by atoms with Gasteiger partial charge in [0.2, 0.25) is 9.84 Å². The molecule has 4 aromatic rings. The van der Waals surface area contributed by atoms with Crippen LogP contribution in [0.25, 0.3) is 10.9 Å². The molecule has 210 valence electrons. The van der Waals surface area contributed by atoms with Crippen molar-refractivity contribution in [3.05, 3.63) is 72.0 Å². The molecule has 0 unspecified atom stereocenters. The number of aromatic amines is 1. The molecule has 3 aromatic carbocycles. The van der Waals surface area contributed by atoms with Crippen LogP contribution in [-0.2, 0) is 9.84 Å². The van der Waals surface area contributed by atoms with Gasteiger partial charge < -0.3 is 20.4 Å². The molecule has 9 nitrogen and oxygen atoms in total. The van der Waals surface area contributed by atoms with Crippen LogP contribution in [0.15, 0.2) is 70.5 Å². The zero-order chi connectivity index (χ0) is 28.4. The molecule has 0 atom stereocenters. The Morgan fingerprint density at radius 3 is 2.50 bits per heavy atom. The van der Waals surface area contributed by atoms with Crippen LogP contribution in [0.5, 0.6) is 0 Å². The van der Waals surface area contributed by atoms with E-state index in [9.17, 15) is 17.6 Å². The molecule has 5 rings (SSSR count). The first-order valence-electron chi connectivity index (χ1n) is 13.2. The Balaban J connectivity index is 1.44. The number of anilines is 3. The second-order valence-corrected chi connectivity index (χ2v) is 12.4. The maximum Gasteiger partial charge on any atom is 0.258 e. The summed E-state index contributed by atoms with van der Waals surface area (Å²) in [6.45, 7) is 8.65. The largest absolute Gasteiger partial charge is 0.384 e. The highest BCUT2D eigenvalue weighted by Crippen LogP contribution is 2.30. The zero-order valence-electron chi connectivity index (χ0n) is 22.7. The molecule has 1 fully saturated rings. The molecule has 0 bridgehead atoms. The summed E-state index contributed by atoms with van der Waals surface area (Å²) in [6, 6.07) is 15.1. The predicted octanol–water partition coefficient (Wildman–Crippen LogP) is 4.61. The fraction of sp³-hybridized carbons (Fsp3) is 0.310. The van der Waals surface area contributed by atoms with E-state index in [1.165, 1.54) is 30.3 Å². The number of fused-ring (bicyclic) bond motifs is 1. The van der Waals surface area contributed by atoms with Crippen LogP contribution in [0.2, 0.25) is 0 Å². The summed E-state index contributed by atoms with van der Waals surface area (Å²) >= 11 is 0. The Kier molecular flexibility index (Phi) is 7.77. The van der Waals surface area contributed by atoms with E-state index in [1.807, 2.05) is 12.1 Å². The third-order valence-corrected chi connectivity index (χ3v) is 8.75. The van der Waals surface area contributed by atoms with Gasteiger partial charge in [-0.3, -0.25) is 9.89 Å². The predicted molar refractivity (Wildman–Crippen MR) is 155 cm³/mol. The van der Waals surface area contributed by atoms with Crippen LogP contribution in [-0.4, -0.2) is 69.2 Å². The third kappa shape index (κ3) is 5.80. The quantitative estimate of drug-likeness (QED) is 0.287. The highest BCUT2D eigenvalue weighted by molar-refractivity contribution is 7.91. The first-order chi connectivity index (χ1) is 19.1. The van der Waals surface area contributed by atoms with Gasteiger partial charge in [0.25, 0.3) is 5.91 Å². The van der Waals surface area contributed by atoms with E-state index < -0.39 is 15.7 Å². The van der Waals surface area contributed by atoms with Crippen molar-refractivity contribution in [1.82, 2.24) is 15.1 Å². The first-order valence-corrected chi connectivity index (χ1v) is 14.7. The molecule has 0 aliphatic carbocycles. The Bertz CT molecular complexity index is 1640. The van der Waals surface area contributed by atoms with E-state index in [4.69, 9.17) is 0 Å². The molecule has 1 aliphatic rings. The van der Waals surface area contributed by atoms with Gasteiger partial charge in [-0.05, 0) is 67.6 Å². The van der Waals surface area contributed by atoms with Crippen molar-refractivity contribution in [2.75, 3.05) is 55.3 Å². The van der Waals surface area contributed by atoms with E-state index in [-0.39, 0.29) is 21.5 Å². The lowest BCUT2D eigenvalue weighted by Crippen LogP contribution is -2.44. The molecule has 3 N–H and O–H groups in total. The molecule has 0 spiro atoms. The molecule has 1 aromatic heterocycles. The Morgan fingerprint density at radius 2 is 1.77 bits per heavy atom. The number of piperazine rings is 1. The molecule has 1 saturated heterocycles. The minimum absolute atomic E-state index is 0.0293. The monoisotopic (exact) mass is 564 g/mol. The number of hydrogen-bond acceptors (Lipinski definition) is 7. The number of benzene rings is 3. The molecule has 0 saturated carbocycles. The van der Waals surface area contributed by atoms with Gasteiger partial charge in [-0.2, -0.15) is 5.10 Å². The second-order valence-electron chi connectivity index (χ2n) is 10.5. The Morgan fingerprint density at radius 1 is 1.02 bits per heavy atom. The summed E-state index contributed by atoms with van der Waals surface area (Å²) in [5.41, 5.74) is 2.78. The smallest absolute Gasteiger partial charge is 0.258 e. The molecule has 2 heterocycles. The number of H-pyrrole nitrogens is 1. The summed E-state index contributed by atoms with van der Waals surface area (Å²) in [5, 5.41) is 13.8. The van der Waals surface area contributed by atoms with Gasteiger partial charge in [-0.25, -0.2) is 12.8 Å². The van der Waals surface area contributed by atoms with E-state index in [0.717, 1.165) is 43.6 Å². The van der Waals surface area contributed by atoms with Crippen molar-refractivity contribution < 1.29 is 17.6 Å². The summed E-state index contributed by atoms with van der Waals surface area (Å²) in [6.07, 6.45) is 0. The van der Waals surface area contributed by atoms with E-state index >= 15 is 0 Å². The summed E-state index contributed by atoms with van der Waals surface area (Å²) in [7, 11) is -1.87. The number of likely N-dealkylation sites (N-methyl/N-ethyl adjacent to an activating group) is 1. The molecule has 0 radical (unpaired) electrons. The van der Waals surface area contributed by atoms with E-state index in [2.05, 4.69) is 51.5 Å². The SMILES string of the molecule is CC(C)CNc1cc(N2CCN(C)CC2)ccc1C(=O)Nc1n[nH]c2ccc(S(=O)(=O)c3cccc(F)c3)cc12. The summed E-state index contributed by atoms with van der Waals surface area (Å²) < 4.78 is 40.0. The maximum atomic E-state index is 13.7. The maximum absolute atomic E-state index is 13.7. The van der Waals surface area contributed by atoms with Gasteiger partial charge in [0, 0.05) is 49.5 Å². The van der Waals surface area contributed by atoms with Gasteiger partial charge in [-0.1, -0.05) is 19.9 Å². The highest BCUT2D eigenvalue weighted by Gasteiger charge is 2.22. The van der Waals surface area contributed by atoms with Crippen molar-refractivity contribution in [2.24, 2.45) is 5.92 Å². The fourth-order valence-electron chi connectivity index (χ4n) is 4.65. The standard InChI is InChI=1S/C29H33FN6O3S/c1-19(2)18-31-27-16-21(36-13-11-35(3)12-14-36)7-9-24(27)29(37)32-28-25-17-23(8-10-26(25)33-34-28)40(38,39)22-6-4-5-20(30)15-22/h4-10,15-17,19,31H,11-14,18H2,1-3H3,(H2,32,33,34,37). The van der Waals surface area contributed by atoms with Crippen LogP contribution in [0.3, 0.4) is 0 Å². The first kappa shape index (κ1) is 27.6. The number of hydrogen-bond donors (Lipinski definition) is 3. The average Bonchev–Trinajstić information content (AvgIpc) is 3.34. The van der Waals surface area contributed by atoms with Crippen LogP contribution >= 0.6 is 0 Å². The van der Waals surface area contributed by atoms with Crippen LogP contribution in [0.4, 0.5) is 21.6 Å². The Labute approximate surface area is 233 Å². The number of carbonyl (C=O) groups is 1. The normalized spacial score (nSPS) is 14.6. The van der Waals surface area contributed by atoms with Gasteiger partial charge in [-0.15, -0.1) is 0 Å². The Hall–Kier alpha value is -3.96. The third-order valence-electron chi connectivity index (χ3n) is 7.00. The summed E-state index contributed by atoms with van der Waals surface area (Å²) in [5.74, 6) is -0.437. The zero-order valence-corrected chi connectivity index (χ0v) is 23.6. The number of nitrogens with one attached hydrogen (secondary N) is 3. The van der Waals surface area contributed by atoms with Crippen molar-refractivity contribution >= 4 is 43.8 Å². The number of sulfone groups is 1. The number of rotatable bonds is 8. The van der Waals surface area contributed by atoms with Gasteiger partial charge >= 0.3 is 0 Å². The van der Waals surface area contributed by atoms with Crippen molar-refractivity contribution in [2.45, 2.75) is 23.6 Å². The van der Waals surface area contributed by atoms with Crippen molar-refractivity contribution in [3.8, 4) is 0 Å². The minimum atomic E-state index is -3.98. The van der Waals surface area contributed by atoms with Crippen LogP contribution in [0, 0.1) is 11.7 Å². The van der Waals surface area contributed by atoms with Gasteiger partial charge in [0.1, 0.15) is 5.82 Å². The molecular weight excluding hydrogens is 531 g/mol. The van der Waals surface area contributed by atoms with Crippen molar-refractivity contribution in [3.63, 3.8) is 0 Å². The molecule has 1 amide bonds. The van der Waals surface area contributed by atoms with E-state index in [1.54, 1.807) is 12.1 Å². The number of halogens is 1. The number of aromatic nitrogens is 2. The topological polar surface area (TPSA) is 110 Å². The molecular formula is C29H33FN6O3S. The highest BCUT2D eigenvalue weighted by atomic mass is 32.2. The number of carbonyl (C=O) groups excluding carboxylic acids is 1. The fourth-order valence-corrected chi connectivity index (χ4v) is 5.97. The number of amides is 1. The van der Waals surface area contributed by atoms with E-state index in [0.29, 0.717) is 28.9 Å². The van der Waals surface area contributed by atoms with Crippen molar-refractivity contribution in [1.29, 1.82) is 0 Å². The van der Waals surface area contributed by atoms with Gasteiger partial charge in [0.05, 0.1) is 20.9 Å². The second kappa shape index (κ2) is 11.3. The lowest BCUT2D eigenvalue weighted by atomic mass is 10.1. The molecule has 40 heavy (non-hydrogen) atoms. The summed E-state index contributed by atoms with van der Waals surface area (Å²) in [4.78, 5) is 17.9. The molecule has 11 heteroatoms. The van der Waals surface area contributed by atoms with Crippen LogP contribution in [0.1, 0.15) is 24.2 Å². The lowest BCUT2D eigenvalue weighted by Gasteiger charge is -2.34. The van der Waals surface area contributed by atoms with Gasteiger partial charge in [0.15, 0.2) is 5.82 Å². The minimum Gasteiger partial charge on any atom is -0.384 e. The van der Waals surface area contributed by atoms with Crippen LogP contribution < -0.4 is 15.5 Å². The molecule has 1 aliphatic heterocycles. The average molecular weight is 565 g/mol.